The Kier molecular flexibility index (Phi) is 7.59. The second kappa shape index (κ2) is 10.6. The van der Waals surface area contributed by atoms with E-state index in [1.807, 2.05) is 6.07 Å². The molecule has 4 amide bonds. The highest BCUT2D eigenvalue weighted by Crippen LogP contribution is 2.29. The predicted octanol–water partition coefficient (Wildman–Crippen LogP) is -0.0724. The molecule has 3 rings (SSSR count). The fraction of sp³-hybridized carbons (Fsp3) is 0.429. The smallest absolute Gasteiger partial charge is 0.404 e. The lowest BCUT2D eigenvalue weighted by molar-refractivity contribution is -0.136. The van der Waals surface area contributed by atoms with Gasteiger partial charge < -0.3 is 24.8 Å². The summed E-state index contributed by atoms with van der Waals surface area (Å²) in [5.74, 6) is 4.92. The molecule has 0 radical (unpaired) electrons. The summed E-state index contributed by atoms with van der Waals surface area (Å²) >= 11 is 0. The topological polar surface area (TPSA) is 137 Å². The van der Waals surface area contributed by atoms with E-state index in [0.717, 1.165) is 5.56 Å². The standard InChI is InChI=1S/C21H23N3O7/c22-21(28)31-12-11-30-10-9-29-8-2-4-14-3-1-5-15-16(14)13-24(20(15)27)17-6-7-18(25)23-19(17)26/h1,3,5,17H,6-13H2,(H2,22,28)(H,23,25,26). The van der Waals surface area contributed by atoms with Gasteiger partial charge in [-0.1, -0.05) is 17.9 Å². The molecule has 0 saturated carbocycles. The zero-order valence-corrected chi connectivity index (χ0v) is 16.8. The molecule has 1 saturated heterocycles. The summed E-state index contributed by atoms with van der Waals surface area (Å²) in [5, 5.41) is 2.29. The minimum absolute atomic E-state index is 0.0861. The Morgan fingerprint density at radius 3 is 2.71 bits per heavy atom. The van der Waals surface area contributed by atoms with E-state index in [-0.39, 0.29) is 44.6 Å². The Morgan fingerprint density at radius 2 is 1.94 bits per heavy atom. The third kappa shape index (κ3) is 5.81. The summed E-state index contributed by atoms with van der Waals surface area (Å²) in [6.45, 7) is 1.40. The van der Waals surface area contributed by atoms with Gasteiger partial charge in [-0.2, -0.15) is 0 Å². The highest BCUT2D eigenvalue weighted by molar-refractivity contribution is 6.05. The summed E-state index contributed by atoms with van der Waals surface area (Å²) in [6.07, 6.45) is -0.317. The van der Waals surface area contributed by atoms with E-state index in [0.29, 0.717) is 30.8 Å². The lowest BCUT2D eigenvalue weighted by atomic mass is 10.0. The summed E-state index contributed by atoms with van der Waals surface area (Å²) in [6, 6.07) is 4.62. The number of carbonyl (C=O) groups is 4. The molecule has 1 aromatic carbocycles. The molecule has 10 heteroatoms. The van der Waals surface area contributed by atoms with Gasteiger partial charge in [0.25, 0.3) is 5.91 Å². The van der Waals surface area contributed by atoms with E-state index in [9.17, 15) is 19.2 Å². The maximum atomic E-state index is 12.8. The number of benzene rings is 1. The van der Waals surface area contributed by atoms with E-state index in [1.165, 1.54) is 4.90 Å². The molecule has 1 atom stereocenters. The lowest BCUT2D eigenvalue weighted by Gasteiger charge is -2.29. The number of hydrogen-bond donors (Lipinski definition) is 2. The number of amides is 4. The molecule has 10 nitrogen and oxygen atoms in total. The molecule has 2 aliphatic heterocycles. The molecule has 164 valence electrons. The second-order valence-corrected chi connectivity index (χ2v) is 6.87. The van der Waals surface area contributed by atoms with Gasteiger partial charge in [0, 0.05) is 24.1 Å². The van der Waals surface area contributed by atoms with Gasteiger partial charge in [-0.3, -0.25) is 19.7 Å². The van der Waals surface area contributed by atoms with Crippen LogP contribution in [0, 0.1) is 11.8 Å². The van der Waals surface area contributed by atoms with Crippen molar-refractivity contribution in [2.24, 2.45) is 5.73 Å². The first-order valence-electron chi connectivity index (χ1n) is 9.80. The van der Waals surface area contributed by atoms with Gasteiger partial charge >= 0.3 is 6.09 Å². The molecular weight excluding hydrogens is 406 g/mol. The molecule has 31 heavy (non-hydrogen) atoms. The van der Waals surface area contributed by atoms with Crippen molar-refractivity contribution in [3.8, 4) is 11.8 Å². The Morgan fingerprint density at radius 1 is 1.16 bits per heavy atom. The number of nitrogens with one attached hydrogen (secondary N) is 1. The third-order valence-electron chi connectivity index (χ3n) is 4.82. The van der Waals surface area contributed by atoms with Crippen molar-refractivity contribution < 1.29 is 33.4 Å². The van der Waals surface area contributed by atoms with Gasteiger partial charge in [0.1, 0.15) is 19.3 Å². The molecule has 0 spiro atoms. The monoisotopic (exact) mass is 429 g/mol. The average Bonchev–Trinajstić information content (AvgIpc) is 3.06. The normalized spacial score (nSPS) is 17.6. The van der Waals surface area contributed by atoms with Gasteiger partial charge in [0.2, 0.25) is 11.8 Å². The number of fused-ring (bicyclic) bond motifs is 1. The molecular formula is C21H23N3O7. The summed E-state index contributed by atoms with van der Waals surface area (Å²) in [5.41, 5.74) is 6.81. The Labute approximate surface area is 179 Å². The maximum absolute atomic E-state index is 12.8. The first-order chi connectivity index (χ1) is 15.0. The number of hydrogen-bond acceptors (Lipinski definition) is 7. The molecule has 0 aromatic heterocycles. The number of imide groups is 1. The van der Waals surface area contributed by atoms with E-state index in [2.05, 4.69) is 21.9 Å². The van der Waals surface area contributed by atoms with Crippen molar-refractivity contribution >= 4 is 23.8 Å². The summed E-state index contributed by atoms with van der Waals surface area (Å²) < 4.78 is 15.1. The highest BCUT2D eigenvalue weighted by atomic mass is 16.6. The Balaban J connectivity index is 1.49. The zero-order valence-electron chi connectivity index (χ0n) is 16.8. The van der Waals surface area contributed by atoms with Gasteiger partial charge in [0.05, 0.1) is 19.8 Å². The molecule has 0 bridgehead atoms. The van der Waals surface area contributed by atoms with Gasteiger partial charge in [-0.15, -0.1) is 0 Å². The molecule has 1 aromatic rings. The first kappa shape index (κ1) is 22.3. The van der Waals surface area contributed by atoms with Crippen molar-refractivity contribution in [3.63, 3.8) is 0 Å². The SMILES string of the molecule is NC(=O)OCCOCCOCC#Cc1cccc2c1CN(C1CCC(=O)NC1=O)C2=O. The van der Waals surface area contributed by atoms with Crippen LogP contribution in [0.3, 0.4) is 0 Å². The fourth-order valence-electron chi connectivity index (χ4n) is 3.38. The average molecular weight is 429 g/mol. The first-order valence-corrected chi connectivity index (χ1v) is 9.80. The summed E-state index contributed by atoms with van der Waals surface area (Å²) in [7, 11) is 0. The Bertz CT molecular complexity index is 935. The van der Waals surface area contributed by atoms with Crippen molar-refractivity contribution in [1.29, 1.82) is 0 Å². The second-order valence-electron chi connectivity index (χ2n) is 6.87. The van der Waals surface area contributed by atoms with Crippen LogP contribution < -0.4 is 11.1 Å². The Hall–Kier alpha value is -3.42. The van der Waals surface area contributed by atoms with Gasteiger partial charge in [0.15, 0.2) is 0 Å². The molecule has 2 heterocycles. The van der Waals surface area contributed by atoms with Crippen LogP contribution in [0.15, 0.2) is 18.2 Å². The van der Waals surface area contributed by atoms with E-state index < -0.39 is 18.0 Å². The third-order valence-corrected chi connectivity index (χ3v) is 4.82. The van der Waals surface area contributed by atoms with Crippen LogP contribution in [-0.4, -0.2) is 67.8 Å². The number of primary amides is 1. The van der Waals surface area contributed by atoms with Crippen LogP contribution >= 0.6 is 0 Å². The highest BCUT2D eigenvalue weighted by Gasteiger charge is 2.39. The number of rotatable bonds is 8. The van der Waals surface area contributed by atoms with Crippen molar-refractivity contribution in [2.75, 3.05) is 33.0 Å². The van der Waals surface area contributed by atoms with E-state index in [1.54, 1.807) is 12.1 Å². The number of piperidine rings is 1. The quantitative estimate of drug-likeness (QED) is 0.335. The van der Waals surface area contributed by atoms with Crippen LogP contribution in [0.5, 0.6) is 0 Å². The number of ether oxygens (including phenoxy) is 3. The van der Waals surface area contributed by atoms with Crippen molar-refractivity contribution in [1.82, 2.24) is 10.2 Å². The van der Waals surface area contributed by atoms with Crippen molar-refractivity contribution in [3.05, 3.63) is 34.9 Å². The number of nitrogens with zero attached hydrogens (tertiary/aromatic N) is 1. The zero-order chi connectivity index (χ0) is 22.2. The molecule has 1 fully saturated rings. The largest absolute Gasteiger partial charge is 0.447 e. The minimum Gasteiger partial charge on any atom is -0.447 e. The van der Waals surface area contributed by atoms with Crippen LogP contribution in [-0.2, 0) is 30.3 Å². The maximum Gasteiger partial charge on any atom is 0.404 e. The van der Waals surface area contributed by atoms with E-state index in [4.69, 9.17) is 15.2 Å². The molecule has 0 aliphatic carbocycles. The summed E-state index contributed by atoms with van der Waals surface area (Å²) in [4.78, 5) is 48.2. The van der Waals surface area contributed by atoms with Crippen LogP contribution in [0.25, 0.3) is 0 Å². The van der Waals surface area contributed by atoms with Crippen LogP contribution in [0.2, 0.25) is 0 Å². The predicted molar refractivity (Wildman–Crippen MR) is 107 cm³/mol. The van der Waals surface area contributed by atoms with Gasteiger partial charge in [-0.25, -0.2) is 4.79 Å². The van der Waals surface area contributed by atoms with Crippen molar-refractivity contribution in [2.45, 2.75) is 25.4 Å². The number of carbonyl (C=O) groups excluding carboxylic acids is 4. The molecule has 2 aliphatic rings. The van der Waals surface area contributed by atoms with Crippen LogP contribution in [0.4, 0.5) is 4.79 Å². The fourth-order valence-corrected chi connectivity index (χ4v) is 3.38. The molecule has 1 unspecified atom stereocenters. The van der Waals surface area contributed by atoms with Crippen LogP contribution in [0.1, 0.15) is 34.3 Å². The number of nitrogens with two attached hydrogens (primary N) is 1. The minimum atomic E-state index is -0.843. The van der Waals surface area contributed by atoms with E-state index >= 15 is 0 Å². The van der Waals surface area contributed by atoms with Gasteiger partial charge in [-0.05, 0) is 24.1 Å². The lowest BCUT2D eigenvalue weighted by Crippen LogP contribution is -2.52. The molecule has 3 N–H and O–H groups in total.